The van der Waals surface area contributed by atoms with Crippen molar-refractivity contribution in [1.82, 2.24) is 4.90 Å². The predicted molar refractivity (Wildman–Crippen MR) is 62.4 cm³/mol. The molecule has 2 atom stereocenters. The summed E-state index contributed by atoms with van der Waals surface area (Å²) in [4.78, 5) is 2.22. The average molecular weight is 222 g/mol. The van der Waals surface area contributed by atoms with E-state index in [0.717, 1.165) is 25.1 Å². The number of rotatable bonds is 2. The second-order valence-electron chi connectivity index (χ2n) is 4.46. The highest BCUT2D eigenvalue weighted by Crippen LogP contribution is 2.32. The van der Waals surface area contributed by atoms with E-state index in [1.165, 1.54) is 12.1 Å². The van der Waals surface area contributed by atoms with Gasteiger partial charge in [-0.3, -0.25) is 4.90 Å². The highest BCUT2D eigenvalue weighted by atomic mass is 16.3. The molecular weight excluding hydrogens is 204 g/mol. The third kappa shape index (κ3) is 2.13. The van der Waals surface area contributed by atoms with E-state index in [0.29, 0.717) is 0 Å². The van der Waals surface area contributed by atoms with Gasteiger partial charge in [0.25, 0.3) is 0 Å². The highest BCUT2D eigenvalue weighted by molar-refractivity contribution is 5.40. The molecule has 1 aliphatic heterocycles. The van der Waals surface area contributed by atoms with Crippen LogP contribution in [-0.2, 0) is 0 Å². The maximum Gasteiger partial charge on any atom is 0.120 e. The van der Waals surface area contributed by atoms with Crippen molar-refractivity contribution in [2.75, 3.05) is 13.1 Å². The number of phenols is 2. The van der Waals surface area contributed by atoms with Crippen molar-refractivity contribution in [2.24, 2.45) is 5.73 Å². The van der Waals surface area contributed by atoms with Crippen molar-refractivity contribution in [2.45, 2.75) is 25.4 Å². The first-order chi connectivity index (χ1) is 7.58. The molecule has 0 saturated carbocycles. The van der Waals surface area contributed by atoms with Crippen LogP contribution in [0.1, 0.15) is 24.9 Å². The summed E-state index contributed by atoms with van der Waals surface area (Å²) in [6, 6.07) is 4.94. The molecule has 1 aromatic rings. The van der Waals surface area contributed by atoms with E-state index in [1.807, 2.05) is 6.92 Å². The lowest BCUT2D eigenvalue weighted by atomic mass is 10.1. The lowest BCUT2D eigenvalue weighted by Crippen LogP contribution is -2.28. The third-order valence-electron chi connectivity index (χ3n) is 3.27. The van der Waals surface area contributed by atoms with Gasteiger partial charge in [-0.1, -0.05) is 0 Å². The van der Waals surface area contributed by atoms with Gasteiger partial charge >= 0.3 is 0 Å². The number of nitrogens with zero attached hydrogens (tertiary/aromatic N) is 1. The van der Waals surface area contributed by atoms with Gasteiger partial charge < -0.3 is 15.9 Å². The van der Waals surface area contributed by atoms with E-state index in [4.69, 9.17) is 5.73 Å². The molecule has 0 radical (unpaired) electrons. The fourth-order valence-electron chi connectivity index (χ4n) is 2.24. The van der Waals surface area contributed by atoms with Crippen molar-refractivity contribution >= 4 is 0 Å². The van der Waals surface area contributed by atoms with E-state index in [9.17, 15) is 10.2 Å². The Labute approximate surface area is 95.3 Å². The molecule has 1 saturated heterocycles. The number of hydrogen-bond acceptors (Lipinski definition) is 4. The second-order valence-corrected chi connectivity index (χ2v) is 4.46. The first-order valence-corrected chi connectivity index (χ1v) is 5.59. The Kier molecular flexibility index (Phi) is 3.03. The van der Waals surface area contributed by atoms with E-state index in [2.05, 4.69) is 4.90 Å². The zero-order valence-corrected chi connectivity index (χ0v) is 9.43. The van der Waals surface area contributed by atoms with Gasteiger partial charge in [0, 0.05) is 30.7 Å². The zero-order chi connectivity index (χ0) is 11.7. The lowest BCUT2D eigenvalue weighted by molar-refractivity contribution is 0.254. The third-order valence-corrected chi connectivity index (χ3v) is 3.27. The summed E-state index contributed by atoms with van der Waals surface area (Å²) in [6.07, 6.45) is 0.990. The van der Waals surface area contributed by atoms with Crippen LogP contribution in [0.3, 0.4) is 0 Å². The number of phenolic OH excluding ortho intramolecular Hbond substituents is 2. The minimum atomic E-state index is 0.0839. The predicted octanol–water partition coefficient (Wildman–Crippen LogP) is 1.19. The molecule has 0 aromatic heterocycles. The summed E-state index contributed by atoms with van der Waals surface area (Å²) in [6.45, 7) is 3.81. The maximum atomic E-state index is 9.76. The Hall–Kier alpha value is -1.26. The van der Waals surface area contributed by atoms with Gasteiger partial charge in [0.05, 0.1) is 0 Å². The van der Waals surface area contributed by atoms with Gasteiger partial charge in [0.15, 0.2) is 0 Å². The molecule has 4 N–H and O–H groups in total. The Morgan fingerprint density at radius 1 is 1.44 bits per heavy atom. The van der Waals surface area contributed by atoms with Gasteiger partial charge in [0.1, 0.15) is 11.5 Å². The van der Waals surface area contributed by atoms with E-state index in [1.54, 1.807) is 6.07 Å². The number of hydrogen-bond donors (Lipinski definition) is 3. The Morgan fingerprint density at radius 2 is 2.19 bits per heavy atom. The van der Waals surface area contributed by atoms with E-state index >= 15 is 0 Å². The monoisotopic (exact) mass is 222 g/mol. The molecule has 0 aliphatic carbocycles. The van der Waals surface area contributed by atoms with E-state index in [-0.39, 0.29) is 23.6 Å². The van der Waals surface area contributed by atoms with Gasteiger partial charge in [-0.05, 0) is 31.5 Å². The first kappa shape index (κ1) is 11.2. The highest BCUT2D eigenvalue weighted by Gasteiger charge is 2.25. The van der Waals surface area contributed by atoms with Crippen LogP contribution in [0.4, 0.5) is 0 Å². The Bertz CT molecular complexity index is 381. The quantitative estimate of drug-likeness (QED) is 0.657. The van der Waals surface area contributed by atoms with Crippen LogP contribution in [0.15, 0.2) is 18.2 Å². The fraction of sp³-hybridized carbons (Fsp3) is 0.500. The zero-order valence-electron chi connectivity index (χ0n) is 9.43. The number of nitrogens with two attached hydrogens (primary N) is 1. The molecule has 2 rings (SSSR count). The largest absolute Gasteiger partial charge is 0.508 e. The average Bonchev–Trinajstić information content (AvgIpc) is 2.67. The molecule has 0 spiro atoms. The molecule has 4 nitrogen and oxygen atoms in total. The maximum absolute atomic E-state index is 9.76. The Balaban J connectivity index is 2.20. The smallest absolute Gasteiger partial charge is 0.120 e. The van der Waals surface area contributed by atoms with Gasteiger partial charge in [-0.2, -0.15) is 0 Å². The molecule has 1 aliphatic rings. The van der Waals surface area contributed by atoms with Crippen molar-refractivity contribution in [1.29, 1.82) is 0 Å². The summed E-state index contributed by atoms with van der Waals surface area (Å²) >= 11 is 0. The molecule has 1 heterocycles. The summed E-state index contributed by atoms with van der Waals surface area (Å²) in [7, 11) is 0. The fourth-order valence-corrected chi connectivity index (χ4v) is 2.24. The van der Waals surface area contributed by atoms with Crippen molar-refractivity contribution in [3.8, 4) is 11.5 Å². The second kappa shape index (κ2) is 4.31. The molecule has 1 fully saturated rings. The molecular formula is C12H18N2O2. The van der Waals surface area contributed by atoms with Crippen molar-refractivity contribution in [3.63, 3.8) is 0 Å². The van der Waals surface area contributed by atoms with Crippen LogP contribution in [0, 0.1) is 0 Å². The van der Waals surface area contributed by atoms with Gasteiger partial charge in [0.2, 0.25) is 0 Å². The van der Waals surface area contributed by atoms with Crippen LogP contribution < -0.4 is 5.73 Å². The van der Waals surface area contributed by atoms with Crippen LogP contribution in [0.25, 0.3) is 0 Å². The van der Waals surface area contributed by atoms with Gasteiger partial charge in [-0.15, -0.1) is 0 Å². The number of likely N-dealkylation sites (tertiary alicyclic amines) is 1. The standard InChI is InChI=1S/C12H18N2O2/c1-8(14-5-4-9(13)7-14)11-6-10(15)2-3-12(11)16/h2-3,6,8-9,15-16H,4-5,7,13H2,1H3. The molecule has 4 heteroatoms. The van der Waals surface area contributed by atoms with Crippen LogP contribution >= 0.6 is 0 Å². The summed E-state index contributed by atoms with van der Waals surface area (Å²) in [5.41, 5.74) is 6.61. The molecule has 16 heavy (non-hydrogen) atoms. The Morgan fingerprint density at radius 3 is 2.81 bits per heavy atom. The van der Waals surface area contributed by atoms with Crippen molar-refractivity contribution < 1.29 is 10.2 Å². The molecule has 2 unspecified atom stereocenters. The van der Waals surface area contributed by atoms with Crippen LogP contribution in [0.2, 0.25) is 0 Å². The van der Waals surface area contributed by atoms with Crippen LogP contribution in [0.5, 0.6) is 11.5 Å². The van der Waals surface area contributed by atoms with Crippen molar-refractivity contribution in [3.05, 3.63) is 23.8 Å². The summed E-state index contributed by atoms with van der Waals surface area (Å²) in [5.74, 6) is 0.411. The number of benzene rings is 1. The minimum absolute atomic E-state index is 0.0839. The van der Waals surface area contributed by atoms with E-state index < -0.39 is 0 Å². The SMILES string of the molecule is CC(c1cc(O)ccc1O)N1CCC(N)C1. The van der Waals surface area contributed by atoms with Gasteiger partial charge in [-0.25, -0.2) is 0 Å². The summed E-state index contributed by atoms with van der Waals surface area (Å²) in [5, 5.41) is 19.2. The molecule has 0 amide bonds. The minimum Gasteiger partial charge on any atom is -0.508 e. The van der Waals surface area contributed by atoms with Crippen LogP contribution in [-0.4, -0.2) is 34.2 Å². The molecule has 0 bridgehead atoms. The number of aromatic hydroxyl groups is 2. The topological polar surface area (TPSA) is 69.7 Å². The normalized spacial score (nSPS) is 23.5. The lowest BCUT2D eigenvalue weighted by Gasteiger charge is -2.25. The summed E-state index contributed by atoms with van der Waals surface area (Å²) < 4.78 is 0. The first-order valence-electron chi connectivity index (χ1n) is 5.59. The molecule has 88 valence electrons. The molecule has 1 aromatic carbocycles.